The van der Waals surface area contributed by atoms with Crippen molar-refractivity contribution in [2.75, 3.05) is 5.32 Å². The first-order valence-electron chi connectivity index (χ1n) is 6.84. The van der Waals surface area contributed by atoms with E-state index in [2.05, 4.69) is 59.1 Å². The van der Waals surface area contributed by atoms with Crippen molar-refractivity contribution in [1.29, 1.82) is 0 Å². The fourth-order valence-corrected chi connectivity index (χ4v) is 3.61. The molecule has 20 heavy (non-hydrogen) atoms. The zero-order valence-corrected chi connectivity index (χ0v) is 14.4. The van der Waals surface area contributed by atoms with Crippen LogP contribution < -0.4 is 5.32 Å². The first kappa shape index (κ1) is 15.4. The van der Waals surface area contributed by atoms with E-state index in [1.807, 2.05) is 0 Å². The van der Waals surface area contributed by atoms with Gasteiger partial charge < -0.3 is 5.32 Å². The summed E-state index contributed by atoms with van der Waals surface area (Å²) in [5, 5.41) is 3.59. The normalized spacial score (nSPS) is 12.6. The quantitative estimate of drug-likeness (QED) is 0.783. The van der Waals surface area contributed by atoms with Crippen molar-refractivity contribution in [2.45, 2.75) is 44.9 Å². The van der Waals surface area contributed by atoms with Gasteiger partial charge in [-0.3, -0.25) is 4.79 Å². The average molecular weight is 355 g/mol. The van der Waals surface area contributed by atoms with Crippen LogP contribution in [0.3, 0.4) is 0 Å². The molecule has 1 aromatic carbocycles. The summed E-state index contributed by atoms with van der Waals surface area (Å²) in [7, 11) is 0. The number of hydrogen-bond donors (Lipinski definition) is 1. The highest BCUT2D eigenvalue weighted by Gasteiger charge is 2.16. The first-order valence-corrected chi connectivity index (χ1v) is 8.57. The van der Waals surface area contributed by atoms with Crippen LogP contribution in [0.5, 0.6) is 0 Å². The van der Waals surface area contributed by atoms with Gasteiger partial charge in [0.15, 0.2) is 5.13 Å². The van der Waals surface area contributed by atoms with Crippen molar-refractivity contribution in [1.82, 2.24) is 4.98 Å². The molecule has 0 bridgehead atoms. The Morgan fingerprint density at radius 2 is 2.20 bits per heavy atom. The van der Waals surface area contributed by atoms with Crippen LogP contribution in [0, 0.1) is 13.8 Å². The van der Waals surface area contributed by atoms with E-state index in [9.17, 15) is 4.79 Å². The third-order valence-corrected chi connectivity index (χ3v) is 4.95. The molecule has 3 nitrogen and oxygen atoms in total. The standard InChI is InChI=1S/C15H19BrN2OS/c1-4-5-6-11(16)14(19)18-15-17-13-10(3)7-9(2)8-12(13)20-15/h7-8,11H,4-6H2,1-3H3,(H,17,18,19)/t11-/m0/s1. The van der Waals surface area contributed by atoms with Crippen molar-refractivity contribution in [2.24, 2.45) is 0 Å². The van der Waals surface area contributed by atoms with Crippen LogP contribution in [-0.2, 0) is 4.79 Å². The number of carbonyl (C=O) groups is 1. The number of thiazole rings is 1. The molecule has 0 aliphatic carbocycles. The average Bonchev–Trinajstić information content (AvgIpc) is 2.78. The summed E-state index contributed by atoms with van der Waals surface area (Å²) in [6.45, 7) is 6.25. The van der Waals surface area contributed by atoms with Crippen LogP contribution in [0.2, 0.25) is 0 Å². The lowest BCUT2D eigenvalue weighted by atomic mass is 10.1. The third-order valence-electron chi connectivity index (χ3n) is 3.16. The van der Waals surface area contributed by atoms with Crippen LogP contribution in [0.4, 0.5) is 5.13 Å². The molecule has 0 aliphatic rings. The molecule has 0 saturated heterocycles. The fraction of sp³-hybridized carbons (Fsp3) is 0.467. The van der Waals surface area contributed by atoms with Crippen molar-refractivity contribution in [3.05, 3.63) is 23.3 Å². The monoisotopic (exact) mass is 354 g/mol. The Bertz CT molecular complexity index is 624. The molecule has 1 heterocycles. The summed E-state index contributed by atoms with van der Waals surface area (Å²) in [4.78, 5) is 16.4. The number of hydrogen-bond acceptors (Lipinski definition) is 3. The Morgan fingerprint density at radius 3 is 2.90 bits per heavy atom. The Morgan fingerprint density at radius 1 is 1.45 bits per heavy atom. The number of nitrogens with one attached hydrogen (secondary N) is 1. The summed E-state index contributed by atoms with van der Waals surface area (Å²) in [5.74, 6) is -0.00752. The lowest BCUT2D eigenvalue weighted by Gasteiger charge is -2.07. The van der Waals surface area contributed by atoms with Gasteiger partial charge in [-0.1, -0.05) is 53.1 Å². The van der Waals surface area contributed by atoms with E-state index in [1.165, 1.54) is 16.9 Å². The molecule has 1 aromatic heterocycles. The summed E-state index contributed by atoms with van der Waals surface area (Å²) in [5.41, 5.74) is 3.35. The second kappa shape index (κ2) is 6.68. The topological polar surface area (TPSA) is 42.0 Å². The highest BCUT2D eigenvalue weighted by atomic mass is 79.9. The molecule has 0 saturated carbocycles. The molecule has 1 atom stereocenters. The Hall–Kier alpha value is -0.940. The maximum absolute atomic E-state index is 12.1. The summed E-state index contributed by atoms with van der Waals surface area (Å²) in [6.07, 6.45) is 2.99. The molecular weight excluding hydrogens is 336 g/mol. The van der Waals surface area contributed by atoms with Crippen LogP contribution in [0.25, 0.3) is 10.2 Å². The van der Waals surface area contributed by atoms with Gasteiger partial charge in [-0.05, 0) is 37.5 Å². The van der Waals surface area contributed by atoms with Gasteiger partial charge in [0, 0.05) is 0 Å². The highest BCUT2D eigenvalue weighted by molar-refractivity contribution is 9.10. The van der Waals surface area contributed by atoms with Crippen molar-refractivity contribution in [3.63, 3.8) is 0 Å². The number of anilines is 1. The number of nitrogens with zero attached hydrogens (tertiary/aromatic N) is 1. The zero-order chi connectivity index (χ0) is 14.7. The predicted octanol–water partition coefficient (Wildman–Crippen LogP) is 4.81. The Labute approximate surface area is 131 Å². The lowest BCUT2D eigenvalue weighted by Crippen LogP contribution is -2.22. The number of amides is 1. The molecule has 1 N–H and O–H groups in total. The molecule has 2 aromatic rings. The van der Waals surface area contributed by atoms with Gasteiger partial charge in [0.2, 0.25) is 5.91 Å². The number of fused-ring (bicyclic) bond motifs is 1. The van der Waals surface area contributed by atoms with Crippen LogP contribution in [0.1, 0.15) is 37.3 Å². The molecule has 0 radical (unpaired) electrons. The van der Waals surface area contributed by atoms with E-state index < -0.39 is 0 Å². The highest BCUT2D eigenvalue weighted by Crippen LogP contribution is 2.29. The molecule has 0 unspecified atom stereocenters. The van der Waals surface area contributed by atoms with Gasteiger partial charge in [0.1, 0.15) is 0 Å². The number of rotatable bonds is 5. The largest absolute Gasteiger partial charge is 0.301 e. The lowest BCUT2D eigenvalue weighted by molar-refractivity contribution is -0.115. The van der Waals surface area contributed by atoms with Crippen LogP contribution >= 0.6 is 27.3 Å². The molecule has 0 spiro atoms. The molecule has 1 amide bonds. The van der Waals surface area contributed by atoms with Gasteiger partial charge in [-0.25, -0.2) is 4.98 Å². The molecule has 0 aliphatic heterocycles. The van der Waals surface area contributed by atoms with Gasteiger partial charge in [0.25, 0.3) is 0 Å². The minimum Gasteiger partial charge on any atom is -0.301 e. The first-order chi connectivity index (χ1) is 9.51. The maximum Gasteiger partial charge on any atom is 0.239 e. The van der Waals surface area contributed by atoms with E-state index >= 15 is 0 Å². The van der Waals surface area contributed by atoms with E-state index in [1.54, 1.807) is 0 Å². The van der Waals surface area contributed by atoms with Gasteiger partial charge in [-0.15, -0.1) is 0 Å². The second-order valence-electron chi connectivity index (χ2n) is 5.05. The number of benzene rings is 1. The third kappa shape index (κ3) is 3.58. The predicted molar refractivity (Wildman–Crippen MR) is 90.0 cm³/mol. The molecule has 2 rings (SSSR count). The van der Waals surface area contributed by atoms with E-state index in [0.29, 0.717) is 5.13 Å². The molecule has 108 valence electrons. The maximum atomic E-state index is 12.1. The smallest absolute Gasteiger partial charge is 0.239 e. The number of unbranched alkanes of at least 4 members (excludes halogenated alkanes) is 1. The molecular formula is C15H19BrN2OS. The van der Waals surface area contributed by atoms with Gasteiger partial charge in [0.05, 0.1) is 15.0 Å². The number of halogens is 1. The summed E-state index contributed by atoms with van der Waals surface area (Å²) in [6, 6.07) is 4.22. The van der Waals surface area contributed by atoms with Crippen molar-refractivity contribution >= 4 is 48.5 Å². The number of alkyl halides is 1. The Balaban J connectivity index is 2.14. The SMILES string of the molecule is CCCC[C@H](Br)C(=O)Nc1nc2c(C)cc(C)cc2s1. The fourth-order valence-electron chi connectivity index (χ4n) is 2.12. The van der Waals surface area contributed by atoms with E-state index in [4.69, 9.17) is 0 Å². The van der Waals surface area contributed by atoms with Crippen LogP contribution in [0.15, 0.2) is 12.1 Å². The van der Waals surface area contributed by atoms with E-state index in [-0.39, 0.29) is 10.7 Å². The number of aryl methyl sites for hydroxylation is 2. The number of aromatic nitrogens is 1. The molecule has 5 heteroatoms. The summed E-state index contributed by atoms with van der Waals surface area (Å²) < 4.78 is 1.12. The van der Waals surface area contributed by atoms with Gasteiger partial charge in [-0.2, -0.15) is 0 Å². The van der Waals surface area contributed by atoms with Crippen molar-refractivity contribution in [3.8, 4) is 0 Å². The zero-order valence-electron chi connectivity index (χ0n) is 12.0. The van der Waals surface area contributed by atoms with Crippen LogP contribution in [-0.4, -0.2) is 15.7 Å². The minimum absolute atomic E-state index is 0.00752. The van der Waals surface area contributed by atoms with Crippen molar-refractivity contribution < 1.29 is 4.79 Å². The van der Waals surface area contributed by atoms with Gasteiger partial charge >= 0.3 is 0 Å². The second-order valence-corrected chi connectivity index (χ2v) is 7.18. The summed E-state index contributed by atoms with van der Waals surface area (Å²) >= 11 is 4.97. The van der Waals surface area contributed by atoms with E-state index in [0.717, 1.165) is 35.0 Å². The Kier molecular flexibility index (Phi) is 5.16. The number of carbonyl (C=O) groups excluding carboxylic acids is 1. The minimum atomic E-state index is -0.141. The molecule has 0 fully saturated rings.